The average Bonchev–Trinajstić information content (AvgIpc) is 3.25. The number of nitrogens with zero attached hydrogens (tertiary/aromatic N) is 4. The highest BCUT2D eigenvalue weighted by Gasteiger charge is 2.36. The number of fused-ring (bicyclic) bond motifs is 2. The highest BCUT2D eigenvalue weighted by atomic mass is 19.1. The smallest absolute Gasteiger partial charge is 0.276 e. The summed E-state index contributed by atoms with van der Waals surface area (Å²) in [4.78, 5) is 40.7. The number of anilines is 1. The molecule has 3 heterocycles. The fraction of sp³-hybridized carbons (Fsp3) is 0.143. The molecule has 0 bridgehead atoms. The molecule has 2 aromatic carbocycles. The minimum atomic E-state index is -0.369. The van der Waals surface area contributed by atoms with E-state index in [-0.39, 0.29) is 30.1 Å². The predicted octanol–water partition coefficient (Wildman–Crippen LogP) is 2.48. The van der Waals surface area contributed by atoms with Gasteiger partial charge in [0.15, 0.2) is 0 Å². The van der Waals surface area contributed by atoms with Crippen LogP contribution in [-0.4, -0.2) is 38.9 Å². The zero-order valence-corrected chi connectivity index (χ0v) is 15.2. The molecule has 0 fully saturated rings. The molecule has 8 heteroatoms. The van der Waals surface area contributed by atoms with Crippen LogP contribution in [0.2, 0.25) is 0 Å². The lowest BCUT2D eigenvalue weighted by molar-refractivity contribution is 0.0639. The van der Waals surface area contributed by atoms with Gasteiger partial charge in [-0.3, -0.25) is 24.0 Å². The number of carbonyl (C=O) groups is 3. The van der Waals surface area contributed by atoms with E-state index in [0.29, 0.717) is 41.3 Å². The molecule has 144 valence electrons. The van der Waals surface area contributed by atoms with Crippen LogP contribution in [0.25, 0.3) is 0 Å². The first kappa shape index (κ1) is 17.3. The SMILES string of the molecule is O=C1c2ccccc2C(=O)N1Cc1cc2n(n1)CCN(c1ccc(F)cc1)C2=O. The van der Waals surface area contributed by atoms with E-state index in [4.69, 9.17) is 0 Å². The quantitative estimate of drug-likeness (QED) is 0.644. The summed E-state index contributed by atoms with van der Waals surface area (Å²) in [6.07, 6.45) is 0. The summed E-state index contributed by atoms with van der Waals surface area (Å²) >= 11 is 0. The highest BCUT2D eigenvalue weighted by molar-refractivity contribution is 6.21. The fourth-order valence-corrected chi connectivity index (χ4v) is 3.74. The molecule has 0 N–H and O–H groups in total. The van der Waals surface area contributed by atoms with Crippen molar-refractivity contribution >= 4 is 23.4 Å². The molecule has 3 amide bonds. The molecule has 0 saturated heterocycles. The Morgan fingerprint density at radius 2 is 1.52 bits per heavy atom. The Balaban J connectivity index is 1.40. The first-order valence-corrected chi connectivity index (χ1v) is 9.12. The van der Waals surface area contributed by atoms with Crippen molar-refractivity contribution in [2.24, 2.45) is 0 Å². The Bertz CT molecular complexity index is 1130. The van der Waals surface area contributed by atoms with Crippen LogP contribution in [0, 0.1) is 5.82 Å². The monoisotopic (exact) mass is 390 g/mol. The van der Waals surface area contributed by atoms with Crippen LogP contribution in [0.3, 0.4) is 0 Å². The van der Waals surface area contributed by atoms with E-state index in [1.54, 1.807) is 52.0 Å². The summed E-state index contributed by atoms with van der Waals surface area (Å²) < 4.78 is 14.8. The minimum Gasteiger partial charge on any atom is -0.305 e. The zero-order chi connectivity index (χ0) is 20.1. The summed E-state index contributed by atoms with van der Waals surface area (Å²) in [6, 6.07) is 14.0. The van der Waals surface area contributed by atoms with Crippen molar-refractivity contribution in [3.63, 3.8) is 0 Å². The number of halogens is 1. The second-order valence-corrected chi connectivity index (χ2v) is 6.92. The Labute approximate surface area is 165 Å². The molecule has 3 aromatic rings. The van der Waals surface area contributed by atoms with Crippen LogP contribution < -0.4 is 4.90 Å². The van der Waals surface area contributed by atoms with Gasteiger partial charge >= 0.3 is 0 Å². The van der Waals surface area contributed by atoms with E-state index in [0.717, 1.165) is 4.90 Å². The lowest BCUT2D eigenvalue weighted by Crippen LogP contribution is -2.40. The van der Waals surface area contributed by atoms with Crippen LogP contribution >= 0.6 is 0 Å². The van der Waals surface area contributed by atoms with Gasteiger partial charge in [0.25, 0.3) is 17.7 Å². The van der Waals surface area contributed by atoms with Crippen molar-refractivity contribution in [1.29, 1.82) is 0 Å². The first-order chi connectivity index (χ1) is 14.0. The van der Waals surface area contributed by atoms with Crippen molar-refractivity contribution in [2.75, 3.05) is 11.4 Å². The Morgan fingerprint density at radius 3 is 2.17 bits per heavy atom. The van der Waals surface area contributed by atoms with E-state index in [1.165, 1.54) is 12.1 Å². The standard InChI is InChI=1S/C21H15FN4O3/c22-13-5-7-15(8-6-13)24-9-10-26-18(21(24)29)11-14(23-26)12-25-19(27)16-3-1-2-4-17(16)20(25)28/h1-8,11H,9-10,12H2. The molecular formula is C21H15FN4O3. The van der Waals surface area contributed by atoms with Crippen molar-refractivity contribution < 1.29 is 18.8 Å². The molecule has 5 rings (SSSR count). The van der Waals surface area contributed by atoms with Crippen LogP contribution in [0.1, 0.15) is 36.9 Å². The predicted molar refractivity (Wildman–Crippen MR) is 101 cm³/mol. The van der Waals surface area contributed by atoms with E-state index < -0.39 is 0 Å². The molecule has 29 heavy (non-hydrogen) atoms. The topological polar surface area (TPSA) is 75.5 Å². The van der Waals surface area contributed by atoms with E-state index in [2.05, 4.69) is 5.10 Å². The Hall–Kier alpha value is -3.81. The second-order valence-electron chi connectivity index (χ2n) is 6.92. The maximum atomic E-state index is 13.2. The second kappa shape index (κ2) is 6.37. The van der Waals surface area contributed by atoms with Gasteiger partial charge in [0.2, 0.25) is 0 Å². The average molecular weight is 390 g/mol. The number of rotatable bonds is 3. The molecule has 2 aliphatic rings. The molecule has 0 unspecified atom stereocenters. The summed E-state index contributed by atoms with van der Waals surface area (Å²) in [7, 11) is 0. The molecule has 2 aliphatic heterocycles. The van der Waals surface area contributed by atoms with Gasteiger partial charge in [0.05, 0.1) is 29.9 Å². The largest absolute Gasteiger partial charge is 0.305 e. The van der Waals surface area contributed by atoms with E-state index in [9.17, 15) is 18.8 Å². The highest BCUT2D eigenvalue weighted by Crippen LogP contribution is 2.26. The van der Waals surface area contributed by atoms with Gasteiger partial charge in [-0.2, -0.15) is 5.10 Å². The number of hydrogen-bond donors (Lipinski definition) is 0. The van der Waals surface area contributed by atoms with Gasteiger partial charge < -0.3 is 4.90 Å². The van der Waals surface area contributed by atoms with Gasteiger partial charge in [-0.1, -0.05) is 12.1 Å². The molecule has 0 saturated carbocycles. The third kappa shape index (κ3) is 2.72. The minimum absolute atomic E-state index is 0.00379. The maximum absolute atomic E-state index is 13.2. The Morgan fingerprint density at radius 1 is 0.862 bits per heavy atom. The van der Waals surface area contributed by atoms with Gasteiger partial charge in [-0.15, -0.1) is 0 Å². The lowest BCUT2D eigenvalue weighted by Gasteiger charge is -2.27. The number of benzene rings is 2. The van der Waals surface area contributed by atoms with Gasteiger partial charge in [0.1, 0.15) is 11.5 Å². The van der Waals surface area contributed by atoms with Crippen LogP contribution in [0.15, 0.2) is 54.6 Å². The summed E-state index contributed by atoms with van der Waals surface area (Å²) in [5.74, 6) is -1.36. The number of carbonyl (C=O) groups excluding carboxylic acids is 3. The third-order valence-corrected chi connectivity index (χ3v) is 5.17. The van der Waals surface area contributed by atoms with Crippen molar-refractivity contribution in [3.05, 3.63) is 82.9 Å². The molecule has 7 nitrogen and oxygen atoms in total. The van der Waals surface area contributed by atoms with E-state index >= 15 is 0 Å². The lowest BCUT2D eigenvalue weighted by atomic mass is 10.1. The molecule has 1 aromatic heterocycles. The third-order valence-electron chi connectivity index (χ3n) is 5.17. The van der Waals surface area contributed by atoms with Crippen molar-refractivity contribution in [3.8, 4) is 0 Å². The van der Waals surface area contributed by atoms with Gasteiger partial charge in [-0.05, 0) is 42.5 Å². The number of imide groups is 1. The van der Waals surface area contributed by atoms with E-state index in [1.807, 2.05) is 0 Å². The van der Waals surface area contributed by atoms with Gasteiger partial charge in [-0.25, -0.2) is 4.39 Å². The normalized spacial score (nSPS) is 15.7. The van der Waals surface area contributed by atoms with Crippen LogP contribution in [0.5, 0.6) is 0 Å². The summed E-state index contributed by atoms with van der Waals surface area (Å²) in [5, 5.41) is 4.40. The number of amides is 3. The molecule has 0 spiro atoms. The molecule has 0 radical (unpaired) electrons. The summed E-state index contributed by atoms with van der Waals surface area (Å²) in [5.41, 5.74) is 2.18. The van der Waals surface area contributed by atoms with Crippen LogP contribution in [0.4, 0.5) is 10.1 Å². The van der Waals surface area contributed by atoms with Crippen molar-refractivity contribution in [1.82, 2.24) is 14.7 Å². The van der Waals surface area contributed by atoms with Gasteiger partial charge in [0, 0.05) is 12.2 Å². The first-order valence-electron chi connectivity index (χ1n) is 9.12. The maximum Gasteiger partial charge on any atom is 0.276 e. The number of hydrogen-bond acceptors (Lipinski definition) is 4. The molecule has 0 aliphatic carbocycles. The molecular weight excluding hydrogens is 375 g/mol. The molecule has 0 atom stereocenters. The summed E-state index contributed by atoms with van der Waals surface area (Å²) in [6.45, 7) is 0.850. The van der Waals surface area contributed by atoms with Crippen molar-refractivity contribution in [2.45, 2.75) is 13.1 Å². The number of aromatic nitrogens is 2. The zero-order valence-electron chi connectivity index (χ0n) is 15.2. The Kier molecular flexibility index (Phi) is 3.80. The fourth-order valence-electron chi connectivity index (χ4n) is 3.74. The van der Waals surface area contributed by atoms with Crippen LogP contribution in [-0.2, 0) is 13.1 Å².